The van der Waals surface area contributed by atoms with Gasteiger partial charge in [0, 0.05) is 28.6 Å². The molecular formula is C16H22ClNO2. The van der Waals surface area contributed by atoms with E-state index in [9.17, 15) is 0 Å². The molecule has 3 nitrogen and oxygen atoms in total. The number of hydrogen-bond donors (Lipinski definition) is 1. The highest BCUT2D eigenvalue weighted by Crippen LogP contribution is 2.49. The monoisotopic (exact) mass is 295 g/mol. The molecule has 0 spiro atoms. The van der Waals surface area contributed by atoms with Gasteiger partial charge < -0.3 is 15.2 Å². The zero-order valence-corrected chi connectivity index (χ0v) is 12.7. The van der Waals surface area contributed by atoms with Crippen LogP contribution in [-0.2, 0) is 5.41 Å². The first-order chi connectivity index (χ1) is 9.68. The van der Waals surface area contributed by atoms with E-state index in [0.717, 1.165) is 42.7 Å². The molecule has 0 heterocycles. The normalized spacial score (nSPS) is 20.9. The SMILES string of the molecule is COc1cc(Cl)cc(C2(CN)CCCC2)c1OC1CC1. The zero-order valence-electron chi connectivity index (χ0n) is 12.0. The van der Waals surface area contributed by atoms with Crippen molar-refractivity contribution in [2.24, 2.45) is 5.73 Å². The molecule has 0 saturated heterocycles. The molecule has 0 aliphatic heterocycles. The Kier molecular flexibility index (Phi) is 3.83. The minimum Gasteiger partial charge on any atom is -0.493 e. The molecule has 3 rings (SSSR count). The van der Waals surface area contributed by atoms with Crippen LogP contribution < -0.4 is 15.2 Å². The van der Waals surface area contributed by atoms with E-state index >= 15 is 0 Å². The number of halogens is 1. The van der Waals surface area contributed by atoms with Crippen LogP contribution in [-0.4, -0.2) is 19.8 Å². The first kappa shape index (κ1) is 14.0. The van der Waals surface area contributed by atoms with E-state index in [-0.39, 0.29) is 5.41 Å². The Labute approximate surface area is 125 Å². The van der Waals surface area contributed by atoms with E-state index < -0.39 is 0 Å². The molecule has 0 bridgehead atoms. The lowest BCUT2D eigenvalue weighted by atomic mass is 9.78. The first-order valence-corrected chi connectivity index (χ1v) is 7.81. The van der Waals surface area contributed by atoms with E-state index in [2.05, 4.69) is 0 Å². The third-order valence-corrected chi connectivity index (χ3v) is 4.79. The summed E-state index contributed by atoms with van der Waals surface area (Å²) in [6, 6.07) is 3.86. The van der Waals surface area contributed by atoms with Crippen molar-refractivity contribution in [1.82, 2.24) is 0 Å². The zero-order chi connectivity index (χ0) is 14.2. The Hall–Kier alpha value is -0.930. The Morgan fingerprint density at radius 2 is 2.00 bits per heavy atom. The molecule has 0 amide bonds. The van der Waals surface area contributed by atoms with Crippen molar-refractivity contribution >= 4 is 11.6 Å². The summed E-state index contributed by atoms with van der Waals surface area (Å²) in [6.45, 7) is 0.636. The molecule has 1 aromatic carbocycles. The molecule has 1 aromatic rings. The fraction of sp³-hybridized carbons (Fsp3) is 0.625. The van der Waals surface area contributed by atoms with Crippen molar-refractivity contribution < 1.29 is 9.47 Å². The Morgan fingerprint density at radius 1 is 1.30 bits per heavy atom. The number of hydrogen-bond acceptors (Lipinski definition) is 3. The van der Waals surface area contributed by atoms with Crippen molar-refractivity contribution in [2.45, 2.75) is 50.0 Å². The summed E-state index contributed by atoms with van der Waals surface area (Å²) in [6.07, 6.45) is 7.23. The summed E-state index contributed by atoms with van der Waals surface area (Å²) < 4.78 is 11.6. The highest BCUT2D eigenvalue weighted by Gasteiger charge is 2.39. The summed E-state index contributed by atoms with van der Waals surface area (Å²) in [5.41, 5.74) is 7.27. The fourth-order valence-corrected chi connectivity index (χ4v) is 3.43. The Balaban J connectivity index is 2.08. The van der Waals surface area contributed by atoms with Crippen LogP contribution in [0.4, 0.5) is 0 Å². The largest absolute Gasteiger partial charge is 0.493 e. The van der Waals surface area contributed by atoms with E-state index in [1.807, 2.05) is 12.1 Å². The van der Waals surface area contributed by atoms with Gasteiger partial charge in [0.2, 0.25) is 0 Å². The lowest BCUT2D eigenvalue weighted by Crippen LogP contribution is -2.32. The maximum absolute atomic E-state index is 6.27. The van der Waals surface area contributed by atoms with Crippen LogP contribution in [0.3, 0.4) is 0 Å². The molecule has 4 heteroatoms. The maximum atomic E-state index is 6.27. The minimum atomic E-state index is 0.00238. The molecule has 2 fully saturated rings. The van der Waals surface area contributed by atoms with Crippen LogP contribution in [0.2, 0.25) is 5.02 Å². The van der Waals surface area contributed by atoms with Gasteiger partial charge in [-0.2, -0.15) is 0 Å². The third kappa shape index (κ3) is 2.49. The molecule has 0 aromatic heterocycles. The van der Waals surface area contributed by atoms with Crippen LogP contribution in [0.1, 0.15) is 44.1 Å². The molecule has 0 atom stereocenters. The summed E-state index contributed by atoms with van der Waals surface area (Å²) in [5, 5.41) is 0.694. The number of nitrogens with two attached hydrogens (primary N) is 1. The van der Waals surface area contributed by atoms with Crippen LogP contribution in [0, 0.1) is 0 Å². The van der Waals surface area contributed by atoms with Gasteiger partial charge in [0.25, 0.3) is 0 Å². The van der Waals surface area contributed by atoms with Crippen LogP contribution in [0.25, 0.3) is 0 Å². The van der Waals surface area contributed by atoms with E-state index in [4.69, 9.17) is 26.8 Å². The summed E-state index contributed by atoms with van der Waals surface area (Å²) in [5.74, 6) is 1.60. The molecule has 0 radical (unpaired) electrons. The highest BCUT2D eigenvalue weighted by molar-refractivity contribution is 6.30. The van der Waals surface area contributed by atoms with Crippen molar-refractivity contribution in [3.63, 3.8) is 0 Å². The average molecular weight is 296 g/mol. The predicted molar refractivity (Wildman–Crippen MR) is 80.9 cm³/mol. The average Bonchev–Trinajstić information content (AvgIpc) is 3.14. The highest BCUT2D eigenvalue weighted by atomic mass is 35.5. The third-order valence-electron chi connectivity index (χ3n) is 4.57. The van der Waals surface area contributed by atoms with Crippen molar-refractivity contribution in [1.29, 1.82) is 0 Å². The first-order valence-electron chi connectivity index (χ1n) is 7.43. The minimum absolute atomic E-state index is 0.00238. The van der Waals surface area contributed by atoms with Crippen molar-refractivity contribution in [3.8, 4) is 11.5 Å². The van der Waals surface area contributed by atoms with E-state index in [0.29, 0.717) is 17.7 Å². The molecule has 110 valence electrons. The second-order valence-corrected chi connectivity index (χ2v) is 6.43. The van der Waals surface area contributed by atoms with Gasteiger partial charge in [-0.15, -0.1) is 0 Å². The van der Waals surface area contributed by atoms with Crippen LogP contribution in [0.15, 0.2) is 12.1 Å². The quantitative estimate of drug-likeness (QED) is 0.901. The van der Waals surface area contributed by atoms with E-state index in [1.165, 1.54) is 12.8 Å². The number of benzene rings is 1. The molecular weight excluding hydrogens is 274 g/mol. The standard InChI is InChI=1S/C16H22ClNO2/c1-19-14-9-11(17)8-13(15(14)20-12-4-5-12)16(10-18)6-2-3-7-16/h8-9,12H,2-7,10,18H2,1H3. The summed E-state index contributed by atoms with van der Waals surface area (Å²) >= 11 is 6.27. The van der Waals surface area contributed by atoms with Crippen molar-refractivity contribution in [2.75, 3.05) is 13.7 Å². The maximum Gasteiger partial charge on any atom is 0.165 e. The second-order valence-electron chi connectivity index (χ2n) is 5.99. The van der Waals surface area contributed by atoms with Gasteiger partial charge in [0.1, 0.15) is 0 Å². The molecule has 20 heavy (non-hydrogen) atoms. The fourth-order valence-electron chi connectivity index (χ4n) is 3.22. The Morgan fingerprint density at radius 3 is 2.55 bits per heavy atom. The van der Waals surface area contributed by atoms with Gasteiger partial charge in [-0.3, -0.25) is 0 Å². The number of rotatable bonds is 5. The van der Waals surface area contributed by atoms with E-state index in [1.54, 1.807) is 7.11 Å². The number of methoxy groups -OCH3 is 1. The number of ether oxygens (including phenoxy) is 2. The Bertz CT molecular complexity index is 493. The van der Waals surface area contributed by atoms with Crippen LogP contribution in [0.5, 0.6) is 11.5 Å². The second kappa shape index (κ2) is 5.45. The summed E-state index contributed by atoms with van der Waals surface area (Å²) in [7, 11) is 1.67. The topological polar surface area (TPSA) is 44.5 Å². The molecule has 2 saturated carbocycles. The van der Waals surface area contributed by atoms with Gasteiger partial charge >= 0.3 is 0 Å². The molecule has 2 N–H and O–H groups in total. The van der Waals surface area contributed by atoms with Crippen molar-refractivity contribution in [3.05, 3.63) is 22.7 Å². The molecule has 2 aliphatic carbocycles. The summed E-state index contributed by atoms with van der Waals surface area (Å²) in [4.78, 5) is 0. The predicted octanol–water partition coefficient (Wildman–Crippen LogP) is 3.66. The lowest BCUT2D eigenvalue weighted by Gasteiger charge is -2.31. The molecule has 0 unspecified atom stereocenters. The smallest absolute Gasteiger partial charge is 0.165 e. The van der Waals surface area contributed by atoms with Gasteiger partial charge in [0.15, 0.2) is 11.5 Å². The van der Waals surface area contributed by atoms with Gasteiger partial charge in [-0.05, 0) is 31.7 Å². The van der Waals surface area contributed by atoms with Gasteiger partial charge in [-0.1, -0.05) is 24.4 Å². The van der Waals surface area contributed by atoms with Gasteiger partial charge in [-0.25, -0.2) is 0 Å². The van der Waals surface area contributed by atoms with Gasteiger partial charge in [0.05, 0.1) is 13.2 Å². The van der Waals surface area contributed by atoms with Crippen LogP contribution >= 0.6 is 11.6 Å². The molecule has 2 aliphatic rings. The lowest BCUT2D eigenvalue weighted by molar-refractivity contribution is 0.270.